The molecule has 2 aromatic carbocycles. The highest BCUT2D eigenvalue weighted by molar-refractivity contribution is 7.71. The van der Waals surface area contributed by atoms with Crippen LogP contribution in [0.25, 0.3) is 11.0 Å². The molecule has 0 bridgehead atoms. The molecule has 0 fully saturated rings. The van der Waals surface area contributed by atoms with Gasteiger partial charge in [-0.2, -0.15) is 0 Å². The van der Waals surface area contributed by atoms with Gasteiger partial charge in [-0.1, -0.05) is 29.8 Å². The summed E-state index contributed by atoms with van der Waals surface area (Å²) in [6.07, 6.45) is 0. The third kappa shape index (κ3) is 2.82. The molecule has 0 saturated heterocycles. The molecule has 108 valence electrons. The molecule has 0 aliphatic rings. The number of H-pyrrole nitrogens is 1. The van der Waals surface area contributed by atoms with Crippen LogP contribution >= 0.6 is 23.8 Å². The summed E-state index contributed by atoms with van der Waals surface area (Å²) in [5.41, 5.74) is 3.14. The van der Waals surface area contributed by atoms with Gasteiger partial charge in [0.25, 0.3) is 0 Å². The molecule has 3 nitrogen and oxygen atoms in total. The van der Waals surface area contributed by atoms with E-state index in [0.717, 1.165) is 27.4 Å². The second kappa shape index (κ2) is 5.92. The van der Waals surface area contributed by atoms with Gasteiger partial charge in [0.15, 0.2) is 4.77 Å². The fraction of sp³-hybridized carbons (Fsp3) is 0.188. The van der Waals surface area contributed by atoms with Crippen molar-refractivity contribution < 1.29 is 4.74 Å². The van der Waals surface area contributed by atoms with E-state index in [4.69, 9.17) is 28.6 Å². The lowest BCUT2D eigenvalue weighted by atomic mass is 10.2. The Balaban J connectivity index is 2.06. The number of ether oxygens (including phenoxy) is 1. The molecule has 0 unspecified atom stereocenters. The Morgan fingerprint density at radius 2 is 1.95 bits per heavy atom. The molecule has 1 heterocycles. The van der Waals surface area contributed by atoms with E-state index in [9.17, 15) is 0 Å². The minimum Gasteiger partial charge on any atom is -0.492 e. The van der Waals surface area contributed by atoms with E-state index in [1.165, 1.54) is 0 Å². The fourth-order valence-corrected chi connectivity index (χ4v) is 2.75. The number of halogens is 1. The summed E-state index contributed by atoms with van der Waals surface area (Å²) >= 11 is 11.4. The maximum atomic E-state index is 5.93. The molecule has 0 amide bonds. The highest BCUT2D eigenvalue weighted by Gasteiger charge is 2.09. The monoisotopic (exact) mass is 318 g/mol. The normalized spacial score (nSPS) is 11.0. The molecule has 1 aromatic heterocycles. The molecule has 0 aliphatic carbocycles. The Morgan fingerprint density at radius 3 is 2.67 bits per heavy atom. The number of benzene rings is 2. The number of hydrogen-bond donors (Lipinski definition) is 1. The van der Waals surface area contributed by atoms with Gasteiger partial charge in [-0.25, -0.2) is 0 Å². The maximum absolute atomic E-state index is 5.93. The van der Waals surface area contributed by atoms with Gasteiger partial charge in [0.2, 0.25) is 0 Å². The van der Waals surface area contributed by atoms with Gasteiger partial charge in [0, 0.05) is 5.02 Å². The number of para-hydroxylation sites is 1. The van der Waals surface area contributed by atoms with Crippen LogP contribution in [-0.2, 0) is 6.54 Å². The number of imidazole rings is 1. The molecular weight excluding hydrogens is 304 g/mol. The van der Waals surface area contributed by atoms with Crippen LogP contribution in [0.15, 0.2) is 42.5 Å². The van der Waals surface area contributed by atoms with Crippen molar-refractivity contribution >= 4 is 34.9 Å². The predicted molar refractivity (Wildman–Crippen MR) is 88.8 cm³/mol. The van der Waals surface area contributed by atoms with Crippen LogP contribution in [0.3, 0.4) is 0 Å². The third-order valence-electron chi connectivity index (χ3n) is 3.33. The van der Waals surface area contributed by atoms with Gasteiger partial charge in [-0.05, 0) is 49.0 Å². The van der Waals surface area contributed by atoms with Crippen molar-refractivity contribution in [3.8, 4) is 5.75 Å². The smallest absolute Gasteiger partial charge is 0.178 e. The molecule has 0 atom stereocenters. The first-order valence-electron chi connectivity index (χ1n) is 6.78. The number of nitrogens with one attached hydrogen (secondary N) is 1. The van der Waals surface area contributed by atoms with Crippen LogP contribution in [-0.4, -0.2) is 16.2 Å². The van der Waals surface area contributed by atoms with Crippen LogP contribution in [0.2, 0.25) is 5.02 Å². The Bertz CT molecular complexity index is 820. The number of aromatic amines is 1. The molecule has 3 aromatic rings. The van der Waals surface area contributed by atoms with Crippen molar-refractivity contribution in [1.29, 1.82) is 0 Å². The highest BCUT2D eigenvalue weighted by Crippen LogP contribution is 2.25. The molecule has 0 radical (unpaired) electrons. The summed E-state index contributed by atoms with van der Waals surface area (Å²) in [5.74, 6) is 0.830. The first-order valence-corrected chi connectivity index (χ1v) is 7.56. The molecular formula is C16H15ClN2OS. The lowest BCUT2D eigenvalue weighted by Gasteiger charge is -2.07. The molecule has 1 N–H and O–H groups in total. The number of aromatic nitrogens is 2. The average molecular weight is 319 g/mol. The summed E-state index contributed by atoms with van der Waals surface area (Å²) in [6, 6.07) is 13.8. The quantitative estimate of drug-likeness (QED) is 0.700. The van der Waals surface area contributed by atoms with E-state index in [2.05, 4.69) is 9.55 Å². The minimum absolute atomic E-state index is 0.627. The van der Waals surface area contributed by atoms with E-state index < -0.39 is 0 Å². The van der Waals surface area contributed by atoms with Crippen molar-refractivity contribution in [2.45, 2.75) is 13.5 Å². The third-order valence-corrected chi connectivity index (χ3v) is 3.90. The van der Waals surface area contributed by atoms with Crippen molar-refractivity contribution in [3.05, 3.63) is 57.8 Å². The number of rotatable bonds is 4. The molecule has 21 heavy (non-hydrogen) atoms. The standard InChI is InChI=1S/C16H15ClN2OS/c1-2-20-14-5-3-4-13-15(14)18-16(21)19(13)10-11-6-8-12(17)9-7-11/h3-9H,2,10H2,1H3,(H,18,21). The van der Waals surface area contributed by atoms with Crippen LogP contribution in [0.1, 0.15) is 12.5 Å². The lowest BCUT2D eigenvalue weighted by Crippen LogP contribution is -1.99. The SMILES string of the molecule is CCOc1cccc2c1[nH]c(=S)n2Cc1ccc(Cl)cc1. The second-order valence-electron chi connectivity index (χ2n) is 4.73. The zero-order valence-electron chi connectivity index (χ0n) is 11.6. The van der Waals surface area contributed by atoms with Crippen LogP contribution < -0.4 is 4.74 Å². The highest BCUT2D eigenvalue weighted by atomic mass is 35.5. The first-order chi connectivity index (χ1) is 10.2. The summed E-state index contributed by atoms with van der Waals surface area (Å²) in [4.78, 5) is 3.24. The Hall–Kier alpha value is -1.78. The van der Waals surface area contributed by atoms with Crippen LogP contribution in [0.5, 0.6) is 5.75 Å². The van der Waals surface area contributed by atoms with Crippen molar-refractivity contribution in [2.24, 2.45) is 0 Å². The molecule has 0 spiro atoms. The maximum Gasteiger partial charge on any atom is 0.178 e. The molecule has 0 aliphatic heterocycles. The van der Waals surface area contributed by atoms with Gasteiger partial charge < -0.3 is 14.3 Å². The van der Waals surface area contributed by atoms with Gasteiger partial charge >= 0.3 is 0 Å². The summed E-state index contributed by atoms with van der Waals surface area (Å²) in [6.45, 7) is 3.30. The summed E-state index contributed by atoms with van der Waals surface area (Å²) < 4.78 is 8.40. The summed E-state index contributed by atoms with van der Waals surface area (Å²) in [5, 5.41) is 0.736. The van der Waals surface area contributed by atoms with Crippen LogP contribution in [0.4, 0.5) is 0 Å². The van der Waals surface area contributed by atoms with Gasteiger partial charge in [-0.3, -0.25) is 0 Å². The molecule has 3 rings (SSSR count). The van der Waals surface area contributed by atoms with E-state index in [1.54, 1.807) is 0 Å². The van der Waals surface area contributed by atoms with E-state index in [0.29, 0.717) is 17.9 Å². The Kier molecular flexibility index (Phi) is 3.99. The zero-order valence-corrected chi connectivity index (χ0v) is 13.2. The van der Waals surface area contributed by atoms with Crippen molar-refractivity contribution in [2.75, 3.05) is 6.61 Å². The topological polar surface area (TPSA) is 29.9 Å². The van der Waals surface area contributed by atoms with E-state index >= 15 is 0 Å². The number of hydrogen-bond acceptors (Lipinski definition) is 2. The zero-order chi connectivity index (χ0) is 14.8. The van der Waals surface area contributed by atoms with Crippen molar-refractivity contribution in [1.82, 2.24) is 9.55 Å². The first kappa shape index (κ1) is 14.2. The summed E-state index contributed by atoms with van der Waals surface area (Å²) in [7, 11) is 0. The van der Waals surface area contributed by atoms with Crippen molar-refractivity contribution in [3.63, 3.8) is 0 Å². The number of nitrogens with zero attached hydrogens (tertiary/aromatic N) is 1. The van der Waals surface area contributed by atoms with Gasteiger partial charge in [-0.15, -0.1) is 0 Å². The Labute approximate surface area is 133 Å². The van der Waals surface area contributed by atoms with E-state index in [-0.39, 0.29) is 0 Å². The second-order valence-corrected chi connectivity index (χ2v) is 5.55. The van der Waals surface area contributed by atoms with Crippen LogP contribution in [0, 0.1) is 4.77 Å². The van der Waals surface area contributed by atoms with Gasteiger partial charge in [0.05, 0.1) is 18.7 Å². The fourth-order valence-electron chi connectivity index (χ4n) is 2.36. The predicted octanol–water partition coefficient (Wildman–Crippen LogP) is 4.80. The largest absolute Gasteiger partial charge is 0.492 e. The molecule has 5 heteroatoms. The molecule has 0 saturated carbocycles. The number of fused-ring (bicyclic) bond motifs is 1. The lowest BCUT2D eigenvalue weighted by molar-refractivity contribution is 0.343. The Morgan fingerprint density at radius 1 is 1.19 bits per heavy atom. The minimum atomic E-state index is 0.627. The van der Waals surface area contributed by atoms with E-state index in [1.807, 2.05) is 49.4 Å². The van der Waals surface area contributed by atoms with Gasteiger partial charge in [0.1, 0.15) is 11.3 Å². The average Bonchev–Trinajstić information content (AvgIpc) is 2.79.